The van der Waals surface area contributed by atoms with E-state index in [2.05, 4.69) is 30.3 Å². The molecule has 0 unspecified atom stereocenters. The van der Waals surface area contributed by atoms with Gasteiger partial charge in [-0.1, -0.05) is 30.3 Å². The summed E-state index contributed by atoms with van der Waals surface area (Å²) in [5.74, 6) is 2.17. The van der Waals surface area contributed by atoms with Crippen LogP contribution in [-0.2, 0) is 11.2 Å². The summed E-state index contributed by atoms with van der Waals surface area (Å²) in [7, 11) is 3.25. The summed E-state index contributed by atoms with van der Waals surface area (Å²) in [6, 6.07) is 16.2. The third-order valence-corrected chi connectivity index (χ3v) is 5.14. The van der Waals surface area contributed by atoms with E-state index < -0.39 is 0 Å². The van der Waals surface area contributed by atoms with E-state index in [0.717, 1.165) is 49.4 Å². The molecule has 0 bridgehead atoms. The molecule has 0 aliphatic carbocycles. The molecule has 4 nitrogen and oxygen atoms in total. The molecule has 0 saturated carbocycles. The molecule has 0 atom stereocenters. The summed E-state index contributed by atoms with van der Waals surface area (Å²) < 4.78 is 10.6. The van der Waals surface area contributed by atoms with Crippen molar-refractivity contribution < 1.29 is 14.3 Å². The van der Waals surface area contributed by atoms with Crippen molar-refractivity contribution in [3.8, 4) is 11.5 Å². The Balaban J connectivity index is 1.56. The van der Waals surface area contributed by atoms with E-state index in [0.29, 0.717) is 5.92 Å². The summed E-state index contributed by atoms with van der Waals surface area (Å²) in [4.78, 5) is 14.5. The highest BCUT2D eigenvalue weighted by Crippen LogP contribution is 2.26. The first-order valence-electron chi connectivity index (χ1n) is 9.42. The van der Waals surface area contributed by atoms with Gasteiger partial charge in [0.15, 0.2) is 0 Å². The number of piperidine rings is 1. The van der Waals surface area contributed by atoms with E-state index in [1.54, 1.807) is 26.4 Å². The number of nitrogens with zero attached hydrogens (tertiary/aromatic N) is 1. The van der Waals surface area contributed by atoms with E-state index in [1.807, 2.05) is 23.1 Å². The Labute approximate surface area is 161 Å². The number of carbonyl (C=O) groups is 1. The van der Waals surface area contributed by atoms with Gasteiger partial charge < -0.3 is 14.4 Å². The van der Waals surface area contributed by atoms with Gasteiger partial charge in [-0.25, -0.2) is 0 Å². The largest absolute Gasteiger partial charge is 0.497 e. The molecule has 0 N–H and O–H groups in total. The van der Waals surface area contributed by atoms with E-state index in [9.17, 15) is 4.79 Å². The maximum absolute atomic E-state index is 12.6. The van der Waals surface area contributed by atoms with Crippen LogP contribution in [0.2, 0.25) is 0 Å². The van der Waals surface area contributed by atoms with Gasteiger partial charge in [-0.05, 0) is 55.0 Å². The minimum absolute atomic E-state index is 0.0537. The summed E-state index contributed by atoms with van der Waals surface area (Å²) in [6.45, 7) is 1.63. The number of methoxy groups -OCH3 is 2. The van der Waals surface area contributed by atoms with Crippen LogP contribution >= 0.6 is 0 Å². The molecule has 0 spiro atoms. The van der Waals surface area contributed by atoms with Crippen molar-refractivity contribution >= 4 is 12.0 Å². The topological polar surface area (TPSA) is 38.8 Å². The zero-order valence-corrected chi connectivity index (χ0v) is 16.1. The van der Waals surface area contributed by atoms with Crippen LogP contribution in [0.25, 0.3) is 6.08 Å². The highest BCUT2D eigenvalue weighted by atomic mass is 16.5. The molecular formula is C23H27NO3. The number of amides is 1. The van der Waals surface area contributed by atoms with Gasteiger partial charge in [0.2, 0.25) is 5.91 Å². The molecule has 142 valence electrons. The molecular weight excluding hydrogens is 338 g/mol. The molecule has 1 saturated heterocycles. The van der Waals surface area contributed by atoms with Crippen molar-refractivity contribution in [2.75, 3.05) is 27.3 Å². The highest BCUT2D eigenvalue weighted by molar-refractivity contribution is 5.92. The monoisotopic (exact) mass is 365 g/mol. The Morgan fingerprint density at radius 3 is 2.48 bits per heavy atom. The van der Waals surface area contributed by atoms with Crippen LogP contribution < -0.4 is 9.47 Å². The molecule has 27 heavy (non-hydrogen) atoms. The average molecular weight is 365 g/mol. The van der Waals surface area contributed by atoms with Crippen molar-refractivity contribution in [1.29, 1.82) is 0 Å². The van der Waals surface area contributed by atoms with Gasteiger partial charge in [-0.3, -0.25) is 4.79 Å². The van der Waals surface area contributed by atoms with E-state index >= 15 is 0 Å². The van der Waals surface area contributed by atoms with Crippen LogP contribution in [-0.4, -0.2) is 38.1 Å². The lowest BCUT2D eigenvalue weighted by atomic mass is 9.90. The van der Waals surface area contributed by atoms with Crippen LogP contribution in [0, 0.1) is 5.92 Å². The van der Waals surface area contributed by atoms with Gasteiger partial charge in [-0.2, -0.15) is 0 Å². The quantitative estimate of drug-likeness (QED) is 0.720. The molecule has 4 heteroatoms. The van der Waals surface area contributed by atoms with Gasteiger partial charge in [0.25, 0.3) is 0 Å². The Morgan fingerprint density at radius 1 is 1.07 bits per heavy atom. The number of carbonyl (C=O) groups excluding carboxylic acids is 1. The van der Waals surface area contributed by atoms with Gasteiger partial charge >= 0.3 is 0 Å². The maximum atomic E-state index is 12.6. The Kier molecular flexibility index (Phi) is 6.53. The number of benzene rings is 2. The van der Waals surface area contributed by atoms with Gasteiger partial charge in [0, 0.05) is 24.7 Å². The third-order valence-electron chi connectivity index (χ3n) is 5.14. The number of ether oxygens (including phenoxy) is 2. The van der Waals surface area contributed by atoms with Crippen LogP contribution in [0.3, 0.4) is 0 Å². The molecule has 2 aromatic carbocycles. The van der Waals surface area contributed by atoms with E-state index in [1.165, 1.54) is 5.56 Å². The van der Waals surface area contributed by atoms with Crippen LogP contribution in [0.4, 0.5) is 0 Å². The maximum Gasteiger partial charge on any atom is 0.246 e. The number of hydrogen-bond donors (Lipinski definition) is 0. The first kappa shape index (κ1) is 19.0. The molecule has 0 aromatic heterocycles. The van der Waals surface area contributed by atoms with Gasteiger partial charge in [-0.15, -0.1) is 0 Å². The third kappa shape index (κ3) is 5.13. The van der Waals surface area contributed by atoms with Crippen molar-refractivity contribution in [3.63, 3.8) is 0 Å². The van der Waals surface area contributed by atoms with E-state index in [4.69, 9.17) is 9.47 Å². The number of likely N-dealkylation sites (tertiary alicyclic amines) is 1. The highest BCUT2D eigenvalue weighted by Gasteiger charge is 2.21. The zero-order valence-electron chi connectivity index (χ0n) is 16.1. The summed E-state index contributed by atoms with van der Waals surface area (Å²) >= 11 is 0. The van der Waals surface area contributed by atoms with Gasteiger partial charge in [0.05, 0.1) is 14.2 Å². The first-order chi connectivity index (χ1) is 13.2. The Bertz CT molecular complexity index is 777. The fourth-order valence-corrected chi connectivity index (χ4v) is 3.54. The SMILES string of the molecule is COc1ccc(OC)c(/C=C/C(=O)N2CCC(Cc3ccccc3)CC2)c1. The van der Waals surface area contributed by atoms with Crippen LogP contribution in [0.5, 0.6) is 11.5 Å². The molecule has 1 heterocycles. The lowest BCUT2D eigenvalue weighted by Gasteiger charge is -2.31. The summed E-state index contributed by atoms with van der Waals surface area (Å²) in [5, 5.41) is 0. The molecule has 1 amide bonds. The normalized spacial score (nSPS) is 15.1. The summed E-state index contributed by atoms with van der Waals surface area (Å²) in [6.07, 6.45) is 6.64. The smallest absolute Gasteiger partial charge is 0.246 e. The van der Waals surface area contributed by atoms with Crippen LogP contribution in [0.15, 0.2) is 54.6 Å². The zero-order chi connectivity index (χ0) is 19.1. The van der Waals surface area contributed by atoms with Crippen molar-refractivity contribution in [3.05, 3.63) is 65.7 Å². The molecule has 0 radical (unpaired) electrons. The van der Waals surface area contributed by atoms with Crippen molar-refractivity contribution in [1.82, 2.24) is 4.90 Å². The second-order valence-electron chi connectivity index (χ2n) is 6.90. The fourth-order valence-electron chi connectivity index (χ4n) is 3.54. The average Bonchev–Trinajstić information content (AvgIpc) is 2.73. The predicted octanol–water partition coefficient (Wildman–Crippen LogP) is 4.20. The fraction of sp³-hybridized carbons (Fsp3) is 0.348. The molecule has 2 aromatic rings. The minimum atomic E-state index is 0.0537. The Morgan fingerprint density at radius 2 is 1.81 bits per heavy atom. The molecule has 3 rings (SSSR count). The summed E-state index contributed by atoms with van der Waals surface area (Å²) in [5.41, 5.74) is 2.22. The van der Waals surface area contributed by atoms with Crippen molar-refractivity contribution in [2.24, 2.45) is 5.92 Å². The number of hydrogen-bond acceptors (Lipinski definition) is 3. The first-order valence-corrected chi connectivity index (χ1v) is 9.42. The standard InChI is InChI=1S/C23H27NO3/c1-26-21-9-10-22(27-2)20(17-21)8-11-23(25)24-14-12-19(13-15-24)16-18-6-4-3-5-7-18/h3-11,17,19H,12-16H2,1-2H3/b11-8+. The second kappa shape index (κ2) is 9.26. The van der Waals surface area contributed by atoms with Crippen LogP contribution in [0.1, 0.15) is 24.0 Å². The molecule has 1 aliphatic rings. The van der Waals surface area contributed by atoms with Crippen molar-refractivity contribution in [2.45, 2.75) is 19.3 Å². The van der Waals surface area contributed by atoms with E-state index in [-0.39, 0.29) is 5.91 Å². The predicted molar refractivity (Wildman–Crippen MR) is 108 cm³/mol. The molecule has 1 aliphatic heterocycles. The second-order valence-corrected chi connectivity index (χ2v) is 6.90. The molecule has 1 fully saturated rings. The Hall–Kier alpha value is -2.75. The lowest BCUT2D eigenvalue weighted by Crippen LogP contribution is -2.37. The van der Waals surface area contributed by atoms with Gasteiger partial charge in [0.1, 0.15) is 11.5 Å². The number of rotatable bonds is 6. The lowest BCUT2D eigenvalue weighted by molar-refractivity contribution is -0.127. The minimum Gasteiger partial charge on any atom is -0.497 e.